The summed E-state index contributed by atoms with van der Waals surface area (Å²) in [5.74, 6) is 0. The summed E-state index contributed by atoms with van der Waals surface area (Å²) in [6.07, 6.45) is 7.38. The van der Waals surface area contributed by atoms with Gasteiger partial charge >= 0.3 is 0 Å². The summed E-state index contributed by atoms with van der Waals surface area (Å²) >= 11 is 0. The predicted molar refractivity (Wildman–Crippen MR) is 84.9 cm³/mol. The largest absolute Gasteiger partial charge is 0.379 e. The summed E-state index contributed by atoms with van der Waals surface area (Å²) in [4.78, 5) is 4.35. The summed E-state index contributed by atoms with van der Waals surface area (Å²) in [5, 5.41) is 13.9. The first-order valence-electron chi connectivity index (χ1n) is 7.59. The highest BCUT2D eigenvalue weighted by atomic mass is 15.0. The Bertz CT molecular complexity index is 674. The number of hydrogen-bond donors (Lipinski definition) is 2. The highest BCUT2D eigenvalue weighted by Gasteiger charge is 2.22. The van der Waals surface area contributed by atoms with E-state index in [9.17, 15) is 5.26 Å². The summed E-state index contributed by atoms with van der Waals surface area (Å²) in [5.41, 5.74) is 8.67. The van der Waals surface area contributed by atoms with Crippen LogP contribution in [0.5, 0.6) is 0 Å². The van der Waals surface area contributed by atoms with Crippen LogP contribution in [-0.2, 0) is 0 Å². The molecule has 1 heterocycles. The van der Waals surface area contributed by atoms with Gasteiger partial charge in [-0.3, -0.25) is 4.98 Å². The Balaban J connectivity index is 2.00. The first-order chi connectivity index (χ1) is 10.3. The topological polar surface area (TPSA) is 74.7 Å². The third-order valence-corrected chi connectivity index (χ3v) is 4.30. The van der Waals surface area contributed by atoms with Crippen molar-refractivity contribution in [3.8, 4) is 6.07 Å². The Morgan fingerprint density at radius 3 is 2.86 bits per heavy atom. The van der Waals surface area contributed by atoms with Crippen molar-refractivity contribution in [1.82, 2.24) is 4.98 Å². The molecule has 0 aliphatic heterocycles. The predicted octanol–water partition coefficient (Wildman–Crippen LogP) is 3.18. The molecular weight excluding hydrogens is 260 g/mol. The van der Waals surface area contributed by atoms with Crippen molar-refractivity contribution in [3.05, 3.63) is 36.0 Å². The number of rotatable bonds is 2. The van der Waals surface area contributed by atoms with Crippen LogP contribution in [0.1, 0.15) is 37.7 Å². The van der Waals surface area contributed by atoms with Crippen molar-refractivity contribution >= 4 is 16.6 Å². The highest BCUT2D eigenvalue weighted by molar-refractivity contribution is 5.94. The monoisotopic (exact) mass is 280 g/mol. The molecule has 1 saturated carbocycles. The molecule has 2 atom stereocenters. The zero-order chi connectivity index (χ0) is 14.7. The average molecular weight is 280 g/mol. The molecule has 4 heteroatoms. The number of pyridine rings is 1. The van der Waals surface area contributed by atoms with Crippen LogP contribution in [0.3, 0.4) is 0 Å². The molecule has 0 spiro atoms. The Hall–Kier alpha value is -2.12. The maximum atomic E-state index is 9.37. The van der Waals surface area contributed by atoms with E-state index >= 15 is 0 Å². The molecule has 3 rings (SSSR count). The number of nitrogens with zero attached hydrogens (tertiary/aromatic N) is 2. The molecule has 1 fully saturated rings. The van der Waals surface area contributed by atoms with Crippen molar-refractivity contribution in [3.63, 3.8) is 0 Å². The molecule has 2 aromatic rings. The zero-order valence-electron chi connectivity index (χ0n) is 12.0. The fourth-order valence-electron chi connectivity index (χ4n) is 3.08. The maximum absolute atomic E-state index is 9.37. The molecule has 4 nitrogen and oxygen atoms in total. The minimum absolute atomic E-state index is 0.144. The van der Waals surface area contributed by atoms with Gasteiger partial charge in [0.25, 0.3) is 0 Å². The zero-order valence-corrected chi connectivity index (χ0v) is 12.0. The molecule has 0 saturated heterocycles. The first-order valence-corrected chi connectivity index (χ1v) is 7.59. The van der Waals surface area contributed by atoms with Gasteiger partial charge in [-0.25, -0.2) is 0 Å². The molecule has 1 aliphatic rings. The van der Waals surface area contributed by atoms with E-state index in [-0.39, 0.29) is 12.1 Å². The van der Waals surface area contributed by atoms with E-state index in [0.29, 0.717) is 5.56 Å². The third kappa shape index (κ3) is 2.84. The number of nitrogens with two attached hydrogens (primary N) is 1. The molecule has 1 aliphatic carbocycles. The third-order valence-electron chi connectivity index (χ3n) is 4.30. The van der Waals surface area contributed by atoms with Crippen LogP contribution in [0, 0.1) is 11.3 Å². The lowest BCUT2D eigenvalue weighted by Crippen LogP contribution is -2.39. The molecule has 3 N–H and O–H groups in total. The van der Waals surface area contributed by atoms with E-state index in [1.807, 2.05) is 24.3 Å². The SMILES string of the molecule is N#Cc1cnc2ccccc2c1NC1CCCCCC1N. The second-order valence-electron chi connectivity index (χ2n) is 5.73. The number of aromatic nitrogens is 1. The van der Waals surface area contributed by atoms with Crippen LogP contribution >= 0.6 is 0 Å². The van der Waals surface area contributed by atoms with Crippen LogP contribution in [0.2, 0.25) is 0 Å². The van der Waals surface area contributed by atoms with Gasteiger partial charge in [-0.15, -0.1) is 0 Å². The molecule has 1 aromatic heterocycles. The van der Waals surface area contributed by atoms with Gasteiger partial charge < -0.3 is 11.1 Å². The number of para-hydroxylation sites is 1. The molecule has 0 bridgehead atoms. The molecular formula is C17H20N4. The van der Waals surface area contributed by atoms with Gasteiger partial charge in [-0.1, -0.05) is 37.5 Å². The Kier molecular flexibility index (Phi) is 4.03. The number of nitriles is 1. The number of fused-ring (bicyclic) bond motifs is 1. The number of anilines is 1. The van der Waals surface area contributed by atoms with Crippen LogP contribution in [0.25, 0.3) is 10.9 Å². The summed E-state index contributed by atoms with van der Waals surface area (Å²) in [6.45, 7) is 0. The minimum Gasteiger partial charge on any atom is -0.379 e. The molecule has 0 amide bonds. The van der Waals surface area contributed by atoms with E-state index in [1.165, 1.54) is 19.3 Å². The summed E-state index contributed by atoms with van der Waals surface area (Å²) in [6, 6.07) is 10.5. The van der Waals surface area contributed by atoms with Crippen LogP contribution in [-0.4, -0.2) is 17.1 Å². The standard InChI is InChI=1S/C17H20N4/c18-10-12-11-20-15-8-5-4-6-13(15)17(12)21-16-9-3-1-2-7-14(16)19/h4-6,8,11,14,16H,1-3,7,9,19H2,(H,20,21). The Morgan fingerprint density at radius 1 is 1.19 bits per heavy atom. The van der Waals surface area contributed by atoms with E-state index in [4.69, 9.17) is 5.73 Å². The fraction of sp³-hybridized carbons (Fsp3) is 0.412. The van der Waals surface area contributed by atoms with Crippen molar-refractivity contribution in [2.45, 2.75) is 44.2 Å². The second-order valence-corrected chi connectivity index (χ2v) is 5.73. The maximum Gasteiger partial charge on any atom is 0.103 e. The lowest BCUT2D eigenvalue weighted by Gasteiger charge is -2.25. The van der Waals surface area contributed by atoms with Crippen molar-refractivity contribution in [1.29, 1.82) is 5.26 Å². The molecule has 21 heavy (non-hydrogen) atoms. The number of nitrogens with one attached hydrogen (secondary N) is 1. The van der Waals surface area contributed by atoms with Crippen LogP contribution in [0.15, 0.2) is 30.5 Å². The van der Waals surface area contributed by atoms with Gasteiger partial charge in [0.1, 0.15) is 6.07 Å². The normalized spacial score (nSPS) is 22.5. The molecule has 1 aromatic carbocycles. The van der Waals surface area contributed by atoms with Gasteiger partial charge in [0.05, 0.1) is 16.8 Å². The van der Waals surface area contributed by atoms with Gasteiger partial charge in [0.15, 0.2) is 0 Å². The van der Waals surface area contributed by atoms with Crippen molar-refractivity contribution in [2.75, 3.05) is 5.32 Å². The summed E-state index contributed by atoms with van der Waals surface area (Å²) < 4.78 is 0. The average Bonchev–Trinajstić information content (AvgIpc) is 2.72. The lowest BCUT2D eigenvalue weighted by atomic mass is 10.0. The van der Waals surface area contributed by atoms with Crippen molar-refractivity contribution < 1.29 is 0 Å². The van der Waals surface area contributed by atoms with Gasteiger partial charge in [0, 0.05) is 23.7 Å². The molecule has 108 valence electrons. The Morgan fingerprint density at radius 2 is 2.00 bits per heavy atom. The van der Waals surface area contributed by atoms with E-state index in [0.717, 1.165) is 29.4 Å². The lowest BCUT2D eigenvalue weighted by molar-refractivity contribution is 0.528. The van der Waals surface area contributed by atoms with Crippen LogP contribution in [0.4, 0.5) is 5.69 Å². The van der Waals surface area contributed by atoms with Crippen LogP contribution < -0.4 is 11.1 Å². The highest BCUT2D eigenvalue weighted by Crippen LogP contribution is 2.28. The van der Waals surface area contributed by atoms with E-state index in [2.05, 4.69) is 16.4 Å². The first kappa shape index (κ1) is 13.8. The minimum atomic E-state index is 0.144. The Labute approximate surface area is 125 Å². The summed E-state index contributed by atoms with van der Waals surface area (Å²) in [7, 11) is 0. The van der Waals surface area contributed by atoms with Crippen molar-refractivity contribution in [2.24, 2.45) is 5.73 Å². The fourth-order valence-corrected chi connectivity index (χ4v) is 3.08. The van der Waals surface area contributed by atoms with Gasteiger partial charge in [-0.05, 0) is 18.9 Å². The van der Waals surface area contributed by atoms with Gasteiger partial charge in [0.2, 0.25) is 0 Å². The van der Waals surface area contributed by atoms with Gasteiger partial charge in [-0.2, -0.15) is 5.26 Å². The molecule has 0 radical (unpaired) electrons. The number of hydrogen-bond acceptors (Lipinski definition) is 4. The smallest absolute Gasteiger partial charge is 0.103 e. The van der Waals surface area contributed by atoms with E-state index < -0.39 is 0 Å². The van der Waals surface area contributed by atoms with E-state index in [1.54, 1.807) is 6.20 Å². The molecule has 2 unspecified atom stereocenters. The quantitative estimate of drug-likeness (QED) is 0.828. The number of benzene rings is 1. The second kappa shape index (κ2) is 6.11.